The van der Waals surface area contributed by atoms with Crippen LogP contribution in [0.5, 0.6) is 5.88 Å². The Bertz CT molecular complexity index is 1700. The van der Waals surface area contributed by atoms with Crippen molar-refractivity contribution in [1.82, 2.24) is 14.5 Å². The smallest absolute Gasteiger partial charge is 0.237 e. The van der Waals surface area contributed by atoms with Crippen molar-refractivity contribution in [1.29, 1.82) is 0 Å². The van der Waals surface area contributed by atoms with E-state index in [1.165, 1.54) is 12.1 Å². The Morgan fingerprint density at radius 3 is 2.52 bits per heavy atom. The molecule has 0 unspecified atom stereocenters. The van der Waals surface area contributed by atoms with Crippen LogP contribution in [0.3, 0.4) is 0 Å². The maximum absolute atomic E-state index is 14.3. The van der Waals surface area contributed by atoms with Gasteiger partial charge in [0.2, 0.25) is 5.88 Å². The van der Waals surface area contributed by atoms with Crippen LogP contribution in [0.15, 0.2) is 77.9 Å². The highest BCUT2D eigenvalue weighted by Crippen LogP contribution is 2.32. The third-order valence-electron chi connectivity index (χ3n) is 7.37. The van der Waals surface area contributed by atoms with Crippen molar-refractivity contribution < 1.29 is 13.9 Å². The van der Waals surface area contributed by atoms with E-state index in [2.05, 4.69) is 14.9 Å². The zero-order chi connectivity index (χ0) is 27.6. The van der Waals surface area contributed by atoms with Gasteiger partial charge in [0.25, 0.3) is 0 Å². The molecule has 1 N–H and O–H groups in total. The van der Waals surface area contributed by atoms with Crippen LogP contribution in [0.1, 0.15) is 25.7 Å². The molecule has 2 heterocycles. The molecule has 1 saturated carbocycles. The third-order valence-corrected chi connectivity index (χ3v) is 7.62. The average Bonchev–Trinajstić information content (AvgIpc) is 2.97. The Morgan fingerprint density at radius 1 is 0.975 bits per heavy atom. The number of hydrogen-bond donors (Lipinski definition) is 1. The number of rotatable bonds is 6. The van der Waals surface area contributed by atoms with E-state index in [0.29, 0.717) is 27.8 Å². The van der Waals surface area contributed by atoms with Crippen molar-refractivity contribution in [2.45, 2.75) is 37.8 Å². The Morgan fingerprint density at radius 2 is 1.77 bits per heavy atom. The largest absolute Gasteiger partial charge is 0.480 e. The van der Waals surface area contributed by atoms with Crippen LogP contribution in [0.4, 0.5) is 15.8 Å². The average molecular weight is 558 g/mol. The number of hydrogen-bond acceptors (Lipinski definition) is 6. The fraction of sp³-hybridized carbons (Fsp3) is 0.258. The van der Waals surface area contributed by atoms with E-state index >= 15 is 0 Å². The first-order valence-corrected chi connectivity index (χ1v) is 13.6. The molecule has 0 bridgehead atoms. The van der Waals surface area contributed by atoms with Crippen LogP contribution < -0.4 is 15.4 Å². The van der Waals surface area contributed by atoms with Crippen LogP contribution in [0, 0.1) is 5.82 Å². The number of benzene rings is 3. The van der Waals surface area contributed by atoms with Crippen LogP contribution in [-0.4, -0.2) is 40.9 Å². The van der Waals surface area contributed by atoms with Crippen LogP contribution in [-0.2, 0) is 4.74 Å². The van der Waals surface area contributed by atoms with E-state index in [-0.39, 0.29) is 18.0 Å². The highest BCUT2D eigenvalue weighted by Gasteiger charge is 2.22. The molecule has 40 heavy (non-hydrogen) atoms. The minimum absolute atomic E-state index is 0.159. The molecule has 9 heteroatoms. The summed E-state index contributed by atoms with van der Waals surface area (Å²) in [7, 11) is 3.36. The third kappa shape index (κ3) is 5.24. The molecular formula is C31H29ClFN5O2. The van der Waals surface area contributed by atoms with Crippen LogP contribution >= 0.6 is 11.6 Å². The number of anilines is 2. The number of halogens is 2. The first-order valence-electron chi connectivity index (χ1n) is 13.3. The zero-order valence-corrected chi connectivity index (χ0v) is 23.0. The Balaban J connectivity index is 1.59. The van der Waals surface area contributed by atoms with Gasteiger partial charge >= 0.3 is 0 Å². The van der Waals surface area contributed by atoms with E-state index in [0.717, 1.165) is 53.6 Å². The van der Waals surface area contributed by atoms with Gasteiger partial charge in [-0.1, -0.05) is 11.6 Å². The molecule has 204 valence electrons. The molecule has 0 amide bonds. The van der Waals surface area contributed by atoms with Gasteiger partial charge in [-0.2, -0.15) is 0 Å². The summed E-state index contributed by atoms with van der Waals surface area (Å²) in [6.07, 6.45) is 5.79. The van der Waals surface area contributed by atoms with Gasteiger partial charge in [0, 0.05) is 30.1 Å². The lowest BCUT2D eigenvalue weighted by molar-refractivity contribution is 0.0663. The normalized spacial score (nSPS) is 17.9. The quantitative estimate of drug-likeness (QED) is 0.229. The number of pyridine rings is 1. The number of methoxy groups -OCH3 is 2. The van der Waals surface area contributed by atoms with Gasteiger partial charge in [0.05, 0.1) is 52.7 Å². The lowest BCUT2D eigenvalue weighted by Crippen LogP contribution is -2.25. The molecule has 0 spiro atoms. The fourth-order valence-corrected chi connectivity index (χ4v) is 5.47. The summed E-state index contributed by atoms with van der Waals surface area (Å²) in [5, 5.41) is 4.91. The Kier molecular flexibility index (Phi) is 7.36. The Labute approximate surface area is 236 Å². The lowest BCUT2D eigenvalue weighted by Gasteiger charge is -2.25. The number of aromatic nitrogens is 3. The van der Waals surface area contributed by atoms with Gasteiger partial charge in [-0.05, 0) is 86.3 Å². The van der Waals surface area contributed by atoms with Crippen molar-refractivity contribution in [3.8, 4) is 23.0 Å². The number of fused-ring (bicyclic) bond motifs is 2. The first kappa shape index (κ1) is 26.2. The van der Waals surface area contributed by atoms with Crippen LogP contribution in [0.2, 0.25) is 5.02 Å². The van der Waals surface area contributed by atoms with Gasteiger partial charge in [-0.25, -0.2) is 14.4 Å². The van der Waals surface area contributed by atoms with Gasteiger partial charge < -0.3 is 19.4 Å². The molecular weight excluding hydrogens is 529 g/mol. The molecule has 3 aliphatic rings. The molecule has 2 aromatic carbocycles. The monoisotopic (exact) mass is 557 g/mol. The summed E-state index contributed by atoms with van der Waals surface area (Å²) in [5.74, 6) is 0.123. The topological polar surface area (TPSA) is 73.6 Å². The zero-order valence-electron chi connectivity index (χ0n) is 22.3. The highest BCUT2D eigenvalue weighted by molar-refractivity contribution is 6.30. The predicted octanol–water partition coefficient (Wildman–Crippen LogP) is 6.93. The van der Waals surface area contributed by atoms with E-state index in [1.807, 2.05) is 48.5 Å². The number of nitrogens with one attached hydrogen (secondary N) is 1. The fourth-order valence-electron chi connectivity index (χ4n) is 5.34. The van der Waals surface area contributed by atoms with Crippen molar-refractivity contribution in [3.05, 3.63) is 89.1 Å². The summed E-state index contributed by atoms with van der Waals surface area (Å²) < 4.78 is 27.5. The second-order valence-electron chi connectivity index (χ2n) is 9.90. The first-order chi connectivity index (χ1) is 19.5. The van der Waals surface area contributed by atoms with Crippen LogP contribution in [0.25, 0.3) is 28.1 Å². The Hall–Kier alpha value is -4.01. The van der Waals surface area contributed by atoms with Crippen molar-refractivity contribution >= 4 is 34.0 Å². The van der Waals surface area contributed by atoms with Gasteiger partial charge in [-0.3, -0.25) is 4.99 Å². The van der Waals surface area contributed by atoms with Gasteiger partial charge in [0.15, 0.2) is 0 Å². The van der Waals surface area contributed by atoms with E-state index in [9.17, 15) is 4.39 Å². The molecule has 0 saturated heterocycles. The summed E-state index contributed by atoms with van der Waals surface area (Å²) >= 11 is 6.21. The van der Waals surface area contributed by atoms with E-state index < -0.39 is 0 Å². The molecule has 7 nitrogen and oxygen atoms in total. The highest BCUT2D eigenvalue weighted by atomic mass is 35.5. The maximum Gasteiger partial charge on any atom is 0.237 e. The van der Waals surface area contributed by atoms with E-state index in [1.54, 1.807) is 26.5 Å². The minimum Gasteiger partial charge on any atom is -0.480 e. The predicted molar refractivity (Wildman–Crippen MR) is 155 cm³/mol. The van der Waals surface area contributed by atoms with Crippen molar-refractivity contribution in [2.24, 2.45) is 4.99 Å². The van der Waals surface area contributed by atoms with Gasteiger partial charge in [-0.15, -0.1) is 0 Å². The van der Waals surface area contributed by atoms with Gasteiger partial charge in [0.1, 0.15) is 11.5 Å². The summed E-state index contributed by atoms with van der Waals surface area (Å²) in [5.41, 5.74) is 5.19. The molecule has 1 aromatic heterocycles. The molecule has 6 rings (SSSR count). The summed E-state index contributed by atoms with van der Waals surface area (Å²) in [4.78, 5) is 14.4. The van der Waals surface area contributed by atoms with E-state index in [4.69, 9.17) is 31.1 Å². The standard InChI is InChI=1S/C31H29ClFN5O2/c1-39-23-12-8-21(9-13-23)35-26-18-30-28(17-25(26)36-24-4-3-15-34-31(24)40-2)37-27-16-20(33)7-14-29(27)38(30)22-10-5-19(32)6-11-22/h3-7,10-11,14-18,21,23,36H,8-9,12-13H2,1-2H3/b35-26+. The SMILES string of the molecule is COc1ncccc1Nc1cc2nc3cc(F)ccc3n(-c3ccc(Cl)cc3)c-2c/c1=N\C1CCC(OC)CC1. The van der Waals surface area contributed by atoms with Crippen molar-refractivity contribution in [3.63, 3.8) is 0 Å². The molecule has 3 aromatic rings. The second kappa shape index (κ2) is 11.2. The molecule has 2 aliphatic carbocycles. The maximum atomic E-state index is 14.3. The number of nitrogens with zero attached hydrogens (tertiary/aromatic N) is 4. The van der Waals surface area contributed by atoms with Crippen molar-refractivity contribution in [2.75, 3.05) is 19.5 Å². The summed E-state index contributed by atoms with van der Waals surface area (Å²) in [6.45, 7) is 0. The molecule has 0 radical (unpaired) electrons. The second-order valence-corrected chi connectivity index (χ2v) is 10.3. The molecule has 1 aliphatic heterocycles. The molecule has 0 atom stereocenters. The summed E-state index contributed by atoms with van der Waals surface area (Å²) in [6, 6.07) is 20.1. The lowest BCUT2D eigenvalue weighted by atomic mass is 9.93. The minimum atomic E-state index is -0.348. The molecule has 1 fully saturated rings. The number of ether oxygens (including phenoxy) is 2.